The lowest BCUT2D eigenvalue weighted by Crippen LogP contribution is -2.31. The molecule has 0 unspecified atom stereocenters. The van der Waals surface area contributed by atoms with Gasteiger partial charge in [-0.05, 0) is 6.42 Å². The van der Waals surface area contributed by atoms with Crippen LogP contribution in [0.2, 0.25) is 6.55 Å². The Bertz CT molecular complexity index is 97.0. The second kappa shape index (κ2) is 4.37. The van der Waals surface area contributed by atoms with Crippen LogP contribution in [0.5, 0.6) is 0 Å². The van der Waals surface area contributed by atoms with Gasteiger partial charge in [-0.2, -0.15) is 0 Å². The lowest BCUT2D eigenvalue weighted by Gasteiger charge is -2.14. The third kappa shape index (κ3) is 3.13. The lowest BCUT2D eigenvalue weighted by atomic mass is 10.5. The van der Waals surface area contributed by atoms with Crippen LogP contribution in [0, 0.1) is 0 Å². The minimum atomic E-state index is -0.758. The molecule has 0 spiro atoms. The first-order valence-corrected chi connectivity index (χ1v) is 5.24. The first-order chi connectivity index (χ1) is 4.22. The summed E-state index contributed by atoms with van der Waals surface area (Å²) in [6.07, 6.45) is 0.165. The number of carbonyl (C=O) groups is 1. The van der Waals surface area contributed by atoms with E-state index in [2.05, 4.69) is 0 Å². The van der Waals surface area contributed by atoms with E-state index in [0.29, 0.717) is 6.54 Å². The van der Waals surface area contributed by atoms with Gasteiger partial charge >= 0.3 is 6.09 Å². The van der Waals surface area contributed by atoms with Crippen LogP contribution < -0.4 is 0 Å². The highest BCUT2D eigenvalue weighted by Gasteiger charge is 2.05. The molecule has 0 rings (SSSR count). The lowest BCUT2D eigenvalue weighted by molar-refractivity contribution is 0.172. The Labute approximate surface area is 57.6 Å². The molecule has 0 heterocycles. The summed E-state index contributed by atoms with van der Waals surface area (Å²) in [5, 5.41) is 8.46. The van der Waals surface area contributed by atoms with Gasteiger partial charge in [0.05, 0.1) is 0 Å². The maximum absolute atomic E-state index is 10.3. The molecule has 0 saturated heterocycles. The van der Waals surface area contributed by atoms with Gasteiger partial charge in [-0.3, -0.25) is 0 Å². The number of nitrogens with zero attached hydrogens (tertiary/aromatic N) is 1. The first-order valence-electron chi connectivity index (χ1n) is 3.20. The zero-order chi connectivity index (χ0) is 7.28. The Hall–Kier alpha value is -0.513. The summed E-state index contributed by atoms with van der Waals surface area (Å²) >= 11 is 0. The maximum Gasteiger partial charge on any atom is 0.398 e. The fourth-order valence-corrected chi connectivity index (χ4v) is 1.56. The summed E-state index contributed by atoms with van der Waals surface area (Å²) in [4.78, 5) is 10.3. The monoisotopic (exact) mass is 147 g/mol. The highest BCUT2D eigenvalue weighted by molar-refractivity contribution is 6.34. The van der Waals surface area contributed by atoms with Crippen LogP contribution in [0.25, 0.3) is 0 Å². The van der Waals surface area contributed by atoms with Gasteiger partial charge in [0.25, 0.3) is 0 Å². The minimum absolute atomic E-state index is 0.497. The van der Waals surface area contributed by atoms with E-state index in [1.165, 1.54) is 4.57 Å². The van der Waals surface area contributed by atoms with Gasteiger partial charge in [0.2, 0.25) is 0 Å². The highest BCUT2D eigenvalue weighted by Crippen LogP contribution is 1.88. The SMILES string of the molecule is CCCN([SiH2]C)C(=O)O. The molecule has 0 aromatic rings. The minimum Gasteiger partial charge on any atom is -0.465 e. The van der Waals surface area contributed by atoms with Crippen molar-refractivity contribution in [2.75, 3.05) is 6.54 Å². The van der Waals surface area contributed by atoms with Crippen LogP contribution in [0.1, 0.15) is 13.3 Å². The Kier molecular flexibility index (Phi) is 4.12. The summed E-state index contributed by atoms with van der Waals surface area (Å²) < 4.78 is 1.53. The molecule has 4 heteroatoms. The van der Waals surface area contributed by atoms with Crippen LogP contribution in [0.4, 0.5) is 4.79 Å². The van der Waals surface area contributed by atoms with Crippen molar-refractivity contribution in [1.29, 1.82) is 0 Å². The Morgan fingerprint density at radius 2 is 2.33 bits per heavy atom. The smallest absolute Gasteiger partial charge is 0.398 e. The molecule has 3 nitrogen and oxygen atoms in total. The van der Waals surface area contributed by atoms with Crippen LogP contribution in [-0.4, -0.2) is 32.0 Å². The molecule has 0 bridgehead atoms. The second-order valence-electron chi connectivity index (χ2n) is 1.86. The third-order valence-electron chi connectivity index (χ3n) is 1.15. The van der Waals surface area contributed by atoms with Crippen LogP contribution in [-0.2, 0) is 0 Å². The van der Waals surface area contributed by atoms with Crippen molar-refractivity contribution in [3.05, 3.63) is 0 Å². The second-order valence-corrected chi connectivity index (χ2v) is 3.26. The Morgan fingerprint density at radius 1 is 1.78 bits per heavy atom. The predicted octanol–water partition coefficient (Wildman–Crippen LogP) is 0.508. The van der Waals surface area contributed by atoms with Crippen molar-refractivity contribution < 1.29 is 9.90 Å². The van der Waals surface area contributed by atoms with E-state index in [1.807, 2.05) is 13.5 Å². The van der Waals surface area contributed by atoms with Crippen molar-refractivity contribution in [2.24, 2.45) is 0 Å². The fraction of sp³-hybridized carbons (Fsp3) is 0.800. The van der Waals surface area contributed by atoms with Crippen LogP contribution in [0.3, 0.4) is 0 Å². The van der Waals surface area contributed by atoms with E-state index in [-0.39, 0.29) is 0 Å². The average molecular weight is 147 g/mol. The van der Waals surface area contributed by atoms with Gasteiger partial charge in [-0.25, -0.2) is 4.79 Å². The largest absolute Gasteiger partial charge is 0.465 e. The number of carboxylic acid groups (broad SMARTS) is 1. The molecule has 0 atom stereocenters. The molecular weight excluding hydrogens is 134 g/mol. The fourth-order valence-electron chi connectivity index (χ4n) is 0.659. The average Bonchev–Trinajstić information content (AvgIpc) is 1.82. The molecule has 0 aromatic carbocycles. The van der Waals surface area contributed by atoms with E-state index in [9.17, 15) is 4.79 Å². The van der Waals surface area contributed by atoms with Crippen molar-refractivity contribution in [1.82, 2.24) is 4.57 Å². The Morgan fingerprint density at radius 3 is 2.44 bits per heavy atom. The van der Waals surface area contributed by atoms with Crippen molar-refractivity contribution >= 4 is 15.8 Å². The number of hydrogen-bond donors (Lipinski definition) is 1. The zero-order valence-electron chi connectivity index (χ0n) is 5.92. The molecule has 54 valence electrons. The predicted molar refractivity (Wildman–Crippen MR) is 39.4 cm³/mol. The molecule has 0 aliphatic heterocycles. The molecule has 1 N–H and O–H groups in total. The molecule has 0 radical (unpaired) electrons. The standard InChI is InChI=1S/C5H13NO2Si/c1-3-4-6(9-2)5(7)8/h3-4,9H2,1-2H3,(H,7,8). The van der Waals surface area contributed by atoms with Gasteiger partial charge in [0.1, 0.15) is 9.68 Å². The van der Waals surface area contributed by atoms with Crippen molar-refractivity contribution in [3.8, 4) is 0 Å². The molecule has 1 amide bonds. The molecule has 0 aromatic heterocycles. The molecule has 0 fully saturated rings. The first kappa shape index (κ1) is 8.49. The number of rotatable bonds is 3. The third-order valence-corrected chi connectivity index (χ3v) is 2.50. The zero-order valence-corrected chi connectivity index (χ0v) is 7.34. The maximum atomic E-state index is 10.3. The van der Waals surface area contributed by atoms with Gasteiger partial charge in [-0.15, -0.1) is 0 Å². The Balaban J connectivity index is 3.54. The van der Waals surface area contributed by atoms with Gasteiger partial charge in [-0.1, -0.05) is 13.5 Å². The van der Waals surface area contributed by atoms with Crippen molar-refractivity contribution in [2.45, 2.75) is 19.9 Å². The summed E-state index contributed by atoms with van der Waals surface area (Å²) in [7, 11) is -0.497. The summed E-state index contributed by atoms with van der Waals surface area (Å²) in [5.74, 6) is 0. The van der Waals surface area contributed by atoms with Gasteiger partial charge in [0.15, 0.2) is 0 Å². The molecule has 0 aliphatic carbocycles. The van der Waals surface area contributed by atoms with Crippen LogP contribution in [0.15, 0.2) is 0 Å². The van der Waals surface area contributed by atoms with Gasteiger partial charge < -0.3 is 9.67 Å². The molecular formula is C5H13NO2Si. The van der Waals surface area contributed by atoms with E-state index in [4.69, 9.17) is 5.11 Å². The van der Waals surface area contributed by atoms with Crippen LogP contribution >= 0.6 is 0 Å². The van der Waals surface area contributed by atoms with E-state index < -0.39 is 15.8 Å². The van der Waals surface area contributed by atoms with E-state index in [1.54, 1.807) is 0 Å². The topological polar surface area (TPSA) is 40.5 Å². The highest BCUT2D eigenvalue weighted by atomic mass is 28.2. The number of amides is 1. The molecule has 0 aliphatic rings. The number of hydrogen-bond acceptors (Lipinski definition) is 1. The molecule has 9 heavy (non-hydrogen) atoms. The van der Waals surface area contributed by atoms with E-state index in [0.717, 1.165) is 6.42 Å². The van der Waals surface area contributed by atoms with Gasteiger partial charge in [0, 0.05) is 6.54 Å². The quantitative estimate of drug-likeness (QED) is 0.591. The summed E-state index contributed by atoms with van der Waals surface area (Å²) in [6.45, 7) is 4.67. The van der Waals surface area contributed by atoms with E-state index >= 15 is 0 Å². The van der Waals surface area contributed by atoms with Crippen molar-refractivity contribution in [3.63, 3.8) is 0 Å². The normalized spacial score (nSPS) is 10.4. The summed E-state index contributed by atoms with van der Waals surface area (Å²) in [6, 6.07) is 0. The molecule has 0 saturated carbocycles. The summed E-state index contributed by atoms with van der Waals surface area (Å²) in [5.41, 5.74) is 0.